The summed E-state index contributed by atoms with van der Waals surface area (Å²) < 4.78 is 27.1. The molecule has 234 valence electrons. The molecule has 1 N–H and O–H groups in total. The summed E-state index contributed by atoms with van der Waals surface area (Å²) in [5.41, 5.74) is 2.98. The summed E-state index contributed by atoms with van der Waals surface area (Å²) in [6.45, 7) is 3.12. The van der Waals surface area contributed by atoms with Crippen molar-refractivity contribution in [2.24, 2.45) is 11.8 Å². The first-order chi connectivity index (χ1) is 21.9. The highest BCUT2D eigenvalue weighted by molar-refractivity contribution is 5.82. The quantitative estimate of drug-likeness (QED) is 0.370. The molecular formula is C38H41FN2O4. The van der Waals surface area contributed by atoms with Gasteiger partial charge in [0.05, 0.1) is 17.1 Å². The number of piperidine rings is 1. The fourth-order valence-corrected chi connectivity index (χ4v) is 9.80. The van der Waals surface area contributed by atoms with E-state index in [-0.39, 0.29) is 35.8 Å². The Bertz CT molecular complexity index is 1630. The highest BCUT2D eigenvalue weighted by Crippen LogP contribution is 2.66. The number of amides is 1. The molecule has 2 saturated carbocycles. The average molecular weight is 609 g/mol. The second kappa shape index (κ2) is 10.3. The molecule has 1 amide bonds. The van der Waals surface area contributed by atoms with Crippen molar-refractivity contribution in [3.63, 3.8) is 0 Å². The van der Waals surface area contributed by atoms with Crippen LogP contribution in [0.25, 0.3) is 0 Å². The van der Waals surface area contributed by atoms with Gasteiger partial charge in [-0.1, -0.05) is 48.5 Å². The van der Waals surface area contributed by atoms with Gasteiger partial charge in [-0.25, -0.2) is 4.39 Å². The molecule has 45 heavy (non-hydrogen) atoms. The van der Waals surface area contributed by atoms with E-state index in [1.54, 1.807) is 12.1 Å². The summed E-state index contributed by atoms with van der Waals surface area (Å²) in [6, 6.07) is 20.9. The van der Waals surface area contributed by atoms with Crippen molar-refractivity contribution < 1.29 is 23.8 Å². The first-order valence-electron chi connectivity index (χ1n) is 17.0. The number of aliphatic hydroxyl groups is 1. The topological polar surface area (TPSA) is 62.2 Å². The molecule has 1 unspecified atom stereocenters. The van der Waals surface area contributed by atoms with Crippen molar-refractivity contribution >= 4 is 5.91 Å². The zero-order chi connectivity index (χ0) is 30.3. The fraction of sp³-hybridized carbons (Fsp3) is 0.500. The third-order valence-electron chi connectivity index (χ3n) is 12.1. The van der Waals surface area contributed by atoms with Gasteiger partial charge in [-0.2, -0.15) is 0 Å². The van der Waals surface area contributed by atoms with Crippen LogP contribution in [0.5, 0.6) is 11.5 Å². The van der Waals surface area contributed by atoms with Gasteiger partial charge in [0.1, 0.15) is 18.5 Å². The van der Waals surface area contributed by atoms with E-state index in [1.807, 2.05) is 18.2 Å². The van der Waals surface area contributed by atoms with E-state index >= 15 is 0 Å². The Hall–Kier alpha value is -3.42. The minimum Gasteiger partial charge on any atom is -0.485 e. The molecular weight excluding hydrogens is 567 g/mol. The molecule has 3 heterocycles. The second-order valence-electron chi connectivity index (χ2n) is 14.5. The van der Waals surface area contributed by atoms with Crippen molar-refractivity contribution in [2.75, 3.05) is 19.6 Å². The van der Waals surface area contributed by atoms with Crippen LogP contribution in [0.3, 0.4) is 0 Å². The van der Waals surface area contributed by atoms with E-state index in [1.165, 1.54) is 30.5 Å². The SMILES string of the molecule is O=C1C(Cc2ccc(F)cc2)CCN1[C@H]1CC[C@@]2(O)[C@@H]3Cc4ccc(OCc5ccccc5)c5c4[C@@]2(CCN3CC2CC2)[C@H]1O5. The fourth-order valence-electron chi connectivity index (χ4n) is 9.80. The number of ether oxygens (including phenoxy) is 2. The normalized spacial score (nSPS) is 33.2. The van der Waals surface area contributed by atoms with Gasteiger partial charge in [-0.05, 0) is 98.7 Å². The molecule has 0 aromatic heterocycles. The summed E-state index contributed by atoms with van der Waals surface area (Å²) >= 11 is 0. The Morgan fingerprint density at radius 2 is 1.76 bits per heavy atom. The number of hydrogen-bond donors (Lipinski definition) is 1. The van der Waals surface area contributed by atoms with Gasteiger partial charge < -0.3 is 19.5 Å². The van der Waals surface area contributed by atoms with Crippen LogP contribution in [0.15, 0.2) is 66.7 Å². The van der Waals surface area contributed by atoms with Crippen LogP contribution in [-0.4, -0.2) is 64.2 Å². The number of hydrogen-bond acceptors (Lipinski definition) is 5. The molecule has 6 atom stereocenters. The monoisotopic (exact) mass is 608 g/mol. The van der Waals surface area contributed by atoms with Crippen LogP contribution in [-0.2, 0) is 29.7 Å². The number of likely N-dealkylation sites (tertiary alicyclic amines) is 2. The van der Waals surface area contributed by atoms with Gasteiger partial charge in [0.25, 0.3) is 0 Å². The van der Waals surface area contributed by atoms with Gasteiger partial charge in [-0.15, -0.1) is 0 Å². The molecule has 9 rings (SSSR count). The van der Waals surface area contributed by atoms with Gasteiger partial charge in [0.15, 0.2) is 11.5 Å². The number of benzene rings is 3. The summed E-state index contributed by atoms with van der Waals surface area (Å²) in [5.74, 6) is 2.03. The van der Waals surface area contributed by atoms with Crippen LogP contribution < -0.4 is 9.47 Å². The van der Waals surface area contributed by atoms with E-state index in [9.17, 15) is 14.3 Å². The molecule has 0 radical (unpaired) electrons. The second-order valence-corrected chi connectivity index (χ2v) is 14.5. The van der Waals surface area contributed by atoms with Gasteiger partial charge >= 0.3 is 0 Å². The van der Waals surface area contributed by atoms with Crippen LogP contribution >= 0.6 is 0 Å². The third kappa shape index (κ3) is 4.22. The van der Waals surface area contributed by atoms with Crippen molar-refractivity contribution in [1.82, 2.24) is 9.80 Å². The summed E-state index contributed by atoms with van der Waals surface area (Å²) in [4.78, 5) is 18.7. The maximum atomic E-state index is 14.1. The first kappa shape index (κ1) is 27.9. The van der Waals surface area contributed by atoms with Crippen LogP contribution in [0, 0.1) is 17.7 Å². The smallest absolute Gasteiger partial charge is 0.226 e. The van der Waals surface area contributed by atoms with Crippen molar-refractivity contribution in [3.8, 4) is 11.5 Å². The molecule has 1 spiro atoms. The lowest BCUT2D eigenvalue weighted by molar-refractivity contribution is -0.200. The number of carbonyl (C=O) groups is 1. The minimum atomic E-state index is -0.923. The Morgan fingerprint density at radius 3 is 2.56 bits per heavy atom. The highest BCUT2D eigenvalue weighted by Gasteiger charge is 2.73. The predicted octanol–water partition coefficient (Wildman–Crippen LogP) is 5.43. The Kier molecular flexibility index (Phi) is 6.37. The summed E-state index contributed by atoms with van der Waals surface area (Å²) in [7, 11) is 0. The van der Waals surface area contributed by atoms with E-state index in [2.05, 4.69) is 34.1 Å². The maximum absolute atomic E-state index is 14.1. The van der Waals surface area contributed by atoms with Crippen LogP contribution in [0.2, 0.25) is 0 Å². The largest absolute Gasteiger partial charge is 0.485 e. The predicted molar refractivity (Wildman–Crippen MR) is 168 cm³/mol. The number of rotatable bonds is 8. The Balaban J connectivity index is 1.07. The molecule has 3 aromatic rings. The molecule has 3 aliphatic carbocycles. The molecule has 2 saturated heterocycles. The Morgan fingerprint density at radius 1 is 0.933 bits per heavy atom. The first-order valence-corrected chi connectivity index (χ1v) is 17.0. The number of carbonyl (C=O) groups excluding carboxylic acids is 1. The van der Waals surface area contributed by atoms with Gasteiger partial charge in [0, 0.05) is 30.6 Å². The third-order valence-corrected chi connectivity index (χ3v) is 12.1. The lowest BCUT2D eigenvalue weighted by Crippen LogP contribution is -2.78. The van der Waals surface area contributed by atoms with Gasteiger partial charge in [0.2, 0.25) is 5.91 Å². The van der Waals surface area contributed by atoms with Crippen LogP contribution in [0.1, 0.15) is 60.8 Å². The molecule has 6 nitrogen and oxygen atoms in total. The zero-order valence-electron chi connectivity index (χ0n) is 25.7. The zero-order valence-corrected chi connectivity index (χ0v) is 25.7. The lowest BCUT2D eigenvalue weighted by atomic mass is 9.48. The molecule has 4 fully saturated rings. The number of nitrogens with zero attached hydrogens (tertiary/aromatic N) is 2. The summed E-state index contributed by atoms with van der Waals surface area (Å²) in [5, 5.41) is 13.0. The molecule has 3 aliphatic heterocycles. The molecule has 3 aromatic carbocycles. The standard InChI is InChI=1S/C38H41FN2O4/c39-29-11-8-24(9-12-29)20-28-15-18-41(36(28)42)30-14-16-38(43)32-21-27-10-13-31(44-23-26-4-2-1-3-5-26)34-33(27)37(38,35(30)45-34)17-19-40(32)22-25-6-7-25/h1-5,8-13,25,28,30,32,35,43H,6-7,14-23H2/t28?,30-,32-,35-,37-,38+/m0/s1. The average Bonchev–Trinajstić information content (AvgIpc) is 3.70. The van der Waals surface area contributed by atoms with Crippen molar-refractivity contribution in [2.45, 2.75) is 87.2 Å². The van der Waals surface area contributed by atoms with Crippen molar-refractivity contribution in [1.29, 1.82) is 0 Å². The van der Waals surface area contributed by atoms with Crippen LogP contribution in [0.4, 0.5) is 4.39 Å². The lowest BCUT2D eigenvalue weighted by Gasteiger charge is -2.64. The van der Waals surface area contributed by atoms with E-state index in [0.29, 0.717) is 26.0 Å². The van der Waals surface area contributed by atoms with Gasteiger partial charge in [-0.3, -0.25) is 9.69 Å². The maximum Gasteiger partial charge on any atom is 0.226 e. The molecule has 7 heteroatoms. The van der Waals surface area contributed by atoms with E-state index in [4.69, 9.17) is 9.47 Å². The highest BCUT2D eigenvalue weighted by atomic mass is 19.1. The van der Waals surface area contributed by atoms with E-state index in [0.717, 1.165) is 72.9 Å². The minimum absolute atomic E-state index is 0.0499. The molecule has 2 bridgehead atoms. The summed E-state index contributed by atoms with van der Waals surface area (Å²) in [6.07, 6.45) is 6.65. The molecule has 6 aliphatic rings. The van der Waals surface area contributed by atoms with Crippen molar-refractivity contribution in [3.05, 3.63) is 94.8 Å². The van der Waals surface area contributed by atoms with E-state index < -0.39 is 11.0 Å². The Labute approximate surface area is 264 Å². The number of halogens is 1.